The van der Waals surface area contributed by atoms with Crippen molar-refractivity contribution in [1.82, 2.24) is 0 Å². The van der Waals surface area contributed by atoms with E-state index in [9.17, 15) is 14.7 Å². The molecule has 4 rings (SSSR count). The molecule has 2 saturated carbocycles. The summed E-state index contributed by atoms with van der Waals surface area (Å²) in [6.45, 7) is 5.88. The van der Waals surface area contributed by atoms with Crippen molar-refractivity contribution < 1.29 is 14.7 Å². The number of hydrogen-bond acceptors (Lipinski definition) is 3. The largest absolute Gasteiger partial charge is 0.382 e. The van der Waals surface area contributed by atoms with Crippen LogP contribution < -0.4 is 0 Å². The smallest absolute Gasteiger partial charge is 0.178 e. The topological polar surface area (TPSA) is 54.4 Å². The van der Waals surface area contributed by atoms with E-state index in [1.54, 1.807) is 12.2 Å². The first kappa shape index (κ1) is 16.0. The summed E-state index contributed by atoms with van der Waals surface area (Å²) in [5.41, 5.74) is -0.507. The molecular weight excluding hydrogens is 300 g/mol. The molecule has 0 bridgehead atoms. The molecule has 0 spiro atoms. The van der Waals surface area contributed by atoms with E-state index < -0.39 is 5.60 Å². The zero-order valence-corrected chi connectivity index (χ0v) is 14.7. The maximum absolute atomic E-state index is 12.2. The van der Waals surface area contributed by atoms with Crippen LogP contribution in [0.25, 0.3) is 0 Å². The Morgan fingerprint density at radius 1 is 1.17 bits per heavy atom. The van der Waals surface area contributed by atoms with Crippen molar-refractivity contribution in [3.8, 4) is 0 Å². The average Bonchev–Trinajstić information content (AvgIpc) is 2.81. The molecule has 4 aliphatic carbocycles. The van der Waals surface area contributed by atoms with Gasteiger partial charge in [0.2, 0.25) is 0 Å². The van der Waals surface area contributed by atoms with Crippen molar-refractivity contribution >= 4 is 11.6 Å². The zero-order chi connectivity index (χ0) is 17.3. The van der Waals surface area contributed by atoms with E-state index in [0.29, 0.717) is 24.2 Å². The van der Waals surface area contributed by atoms with E-state index in [2.05, 4.69) is 32.1 Å². The van der Waals surface area contributed by atoms with Crippen molar-refractivity contribution in [2.45, 2.75) is 52.1 Å². The molecule has 6 atom stereocenters. The fraction of sp³-hybridized carbons (Fsp3) is 0.619. The van der Waals surface area contributed by atoms with Crippen LogP contribution in [-0.4, -0.2) is 22.3 Å². The van der Waals surface area contributed by atoms with Crippen LogP contribution in [-0.2, 0) is 9.59 Å². The summed E-state index contributed by atoms with van der Waals surface area (Å²) in [7, 11) is 0. The van der Waals surface area contributed by atoms with Crippen molar-refractivity contribution in [2.24, 2.45) is 28.6 Å². The SMILES string of the molecule is CC(=O)C1(O)CCC2C3C=CC4=CC(=O)C=C[C@]4(C)C3CC[C@@]21C. The molecule has 3 heteroatoms. The van der Waals surface area contributed by atoms with Crippen LogP contribution in [0.1, 0.15) is 46.5 Å². The van der Waals surface area contributed by atoms with Crippen LogP contribution in [0.2, 0.25) is 0 Å². The summed E-state index contributed by atoms with van der Waals surface area (Å²) >= 11 is 0. The Kier molecular flexibility index (Phi) is 3.19. The summed E-state index contributed by atoms with van der Waals surface area (Å²) in [6, 6.07) is 0. The fourth-order valence-corrected chi connectivity index (χ4v) is 6.25. The Balaban J connectivity index is 1.77. The highest BCUT2D eigenvalue weighted by Crippen LogP contribution is 2.65. The van der Waals surface area contributed by atoms with Crippen LogP contribution in [0, 0.1) is 28.6 Å². The summed E-state index contributed by atoms with van der Waals surface area (Å²) in [4.78, 5) is 23.9. The predicted molar refractivity (Wildman–Crippen MR) is 92.2 cm³/mol. The van der Waals surface area contributed by atoms with Gasteiger partial charge in [-0.1, -0.05) is 32.1 Å². The van der Waals surface area contributed by atoms with Gasteiger partial charge in [0.15, 0.2) is 11.6 Å². The second-order valence-corrected chi connectivity index (χ2v) is 8.68. The average molecular weight is 326 g/mol. The van der Waals surface area contributed by atoms with Gasteiger partial charge in [-0.15, -0.1) is 0 Å². The molecule has 24 heavy (non-hydrogen) atoms. The minimum Gasteiger partial charge on any atom is -0.382 e. The maximum atomic E-state index is 12.2. The van der Waals surface area contributed by atoms with Gasteiger partial charge in [-0.2, -0.15) is 0 Å². The number of carbonyl (C=O) groups is 2. The number of aliphatic hydroxyl groups is 1. The quantitative estimate of drug-likeness (QED) is 0.803. The number of ketones is 2. The van der Waals surface area contributed by atoms with Crippen LogP contribution in [0.3, 0.4) is 0 Å². The van der Waals surface area contributed by atoms with Gasteiger partial charge >= 0.3 is 0 Å². The van der Waals surface area contributed by atoms with Crippen molar-refractivity contribution in [3.63, 3.8) is 0 Å². The van der Waals surface area contributed by atoms with Crippen LogP contribution in [0.4, 0.5) is 0 Å². The number of Topliss-reactive ketones (excluding diaryl/α,β-unsaturated/α-hetero) is 1. The fourth-order valence-electron chi connectivity index (χ4n) is 6.25. The predicted octanol–water partition coefficient (Wildman–Crippen LogP) is 3.39. The van der Waals surface area contributed by atoms with Gasteiger partial charge in [-0.05, 0) is 68.1 Å². The first-order chi connectivity index (χ1) is 11.2. The minimum absolute atomic E-state index is 0.0676. The number of hydrogen-bond donors (Lipinski definition) is 1. The molecule has 0 aromatic heterocycles. The zero-order valence-electron chi connectivity index (χ0n) is 14.7. The van der Waals surface area contributed by atoms with Gasteiger partial charge in [-0.3, -0.25) is 9.59 Å². The van der Waals surface area contributed by atoms with E-state index in [-0.39, 0.29) is 22.4 Å². The van der Waals surface area contributed by atoms with Crippen LogP contribution in [0.5, 0.6) is 0 Å². The number of fused-ring (bicyclic) bond motifs is 5. The second kappa shape index (κ2) is 4.78. The monoisotopic (exact) mass is 326 g/mol. The molecule has 0 saturated heterocycles. The van der Waals surface area contributed by atoms with Crippen molar-refractivity contribution in [1.29, 1.82) is 0 Å². The van der Waals surface area contributed by atoms with Crippen LogP contribution in [0.15, 0.2) is 36.0 Å². The highest BCUT2D eigenvalue weighted by molar-refractivity contribution is 6.01. The van der Waals surface area contributed by atoms with E-state index in [0.717, 1.165) is 24.8 Å². The molecule has 0 heterocycles. The van der Waals surface area contributed by atoms with Crippen LogP contribution >= 0.6 is 0 Å². The number of rotatable bonds is 1. The minimum atomic E-state index is -1.17. The molecule has 128 valence electrons. The normalized spacial score (nSPS) is 49.2. The van der Waals surface area contributed by atoms with Gasteiger partial charge in [-0.25, -0.2) is 0 Å². The van der Waals surface area contributed by atoms with Gasteiger partial charge in [0.05, 0.1) is 0 Å². The first-order valence-electron chi connectivity index (χ1n) is 9.09. The molecule has 2 fully saturated rings. The standard InChI is InChI=1S/C21H26O3/c1-13(22)21(24)11-8-18-16-5-4-14-12-15(23)6-9-19(14,2)17(16)7-10-20(18,21)3/h4-6,9,12,16-18,24H,7-8,10-11H2,1-3H3/t16?,17?,18?,19-,20-,21?/m0/s1. The highest BCUT2D eigenvalue weighted by Gasteiger charge is 2.64. The molecule has 4 aliphatic rings. The summed E-state index contributed by atoms with van der Waals surface area (Å²) in [5, 5.41) is 11.1. The molecule has 0 amide bonds. The molecule has 0 aliphatic heterocycles. The van der Waals surface area contributed by atoms with Gasteiger partial charge < -0.3 is 5.11 Å². The molecule has 4 unspecified atom stereocenters. The van der Waals surface area contributed by atoms with E-state index in [4.69, 9.17) is 0 Å². The summed E-state index contributed by atoms with van der Waals surface area (Å²) < 4.78 is 0. The third kappa shape index (κ3) is 1.77. The van der Waals surface area contributed by atoms with Crippen molar-refractivity contribution in [2.75, 3.05) is 0 Å². The van der Waals surface area contributed by atoms with E-state index in [1.165, 1.54) is 6.92 Å². The number of carbonyl (C=O) groups excluding carboxylic acids is 2. The van der Waals surface area contributed by atoms with Crippen molar-refractivity contribution in [3.05, 3.63) is 36.0 Å². The Bertz CT molecular complexity index is 715. The van der Waals surface area contributed by atoms with Gasteiger partial charge in [0.1, 0.15) is 5.60 Å². The van der Waals surface area contributed by atoms with Gasteiger partial charge in [0, 0.05) is 10.8 Å². The van der Waals surface area contributed by atoms with E-state index >= 15 is 0 Å². The second-order valence-electron chi connectivity index (χ2n) is 8.68. The third-order valence-corrected chi connectivity index (χ3v) is 7.85. The van der Waals surface area contributed by atoms with E-state index in [1.807, 2.05) is 0 Å². The Labute approximate surface area is 143 Å². The number of allylic oxidation sites excluding steroid dienone is 6. The lowest BCUT2D eigenvalue weighted by atomic mass is 9.49. The Morgan fingerprint density at radius 3 is 2.58 bits per heavy atom. The lowest BCUT2D eigenvalue weighted by molar-refractivity contribution is -0.155. The highest BCUT2D eigenvalue weighted by atomic mass is 16.3. The summed E-state index contributed by atoms with van der Waals surface area (Å²) in [5.74, 6) is 1.10. The lowest BCUT2D eigenvalue weighted by Gasteiger charge is -2.55. The molecule has 0 aromatic rings. The lowest BCUT2D eigenvalue weighted by Crippen LogP contribution is -2.56. The molecule has 0 aromatic carbocycles. The maximum Gasteiger partial charge on any atom is 0.178 e. The molecule has 3 nitrogen and oxygen atoms in total. The molecular formula is C21H26O3. The first-order valence-corrected chi connectivity index (χ1v) is 9.09. The molecule has 1 N–H and O–H groups in total. The Morgan fingerprint density at radius 2 is 1.88 bits per heavy atom. The van der Waals surface area contributed by atoms with Gasteiger partial charge in [0.25, 0.3) is 0 Å². The Hall–Kier alpha value is -1.48. The third-order valence-electron chi connectivity index (χ3n) is 7.85. The summed E-state index contributed by atoms with van der Waals surface area (Å²) in [6.07, 6.45) is 13.2. The molecule has 0 radical (unpaired) electrons.